The summed E-state index contributed by atoms with van der Waals surface area (Å²) in [6.07, 6.45) is 0. The number of nitrogens with one attached hydrogen (secondary N) is 1. The van der Waals surface area contributed by atoms with Crippen LogP contribution in [-0.2, 0) is 4.79 Å². The fourth-order valence-corrected chi connectivity index (χ4v) is 1.60. The van der Waals surface area contributed by atoms with Crippen LogP contribution in [0.4, 0.5) is 5.69 Å². The number of rotatable bonds is 6. The lowest BCUT2D eigenvalue weighted by molar-refractivity contribution is -0.113. The predicted molar refractivity (Wildman–Crippen MR) is 71.2 cm³/mol. The standard InChI is InChI=1S/C12H13NO4S/c1-3-18-7-11(14)13-9-6-8(12(15)16)4-5-10(9)17-2/h3-6H,1,7H2,2H3,(H,13,14)(H,15,16). The lowest BCUT2D eigenvalue weighted by atomic mass is 10.2. The molecule has 1 aromatic carbocycles. The highest BCUT2D eigenvalue weighted by atomic mass is 32.2. The van der Waals surface area contributed by atoms with Gasteiger partial charge in [-0.15, -0.1) is 11.8 Å². The van der Waals surface area contributed by atoms with Gasteiger partial charge in [0.1, 0.15) is 5.75 Å². The van der Waals surface area contributed by atoms with Crippen molar-refractivity contribution >= 4 is 29.3 Å². The molecule has 96 valence electrons. The molecule has 0 unspecified atom stereocenters. The second kappa shape index (κ2) is 6.70. The van der Waals surface area contributed by atoms with Crippen LogP contribution >= 0.6 is 11.8 Å². The molecule has 0 saturated heterocycles. The van der Waals surface area contributed by atoms with Crippen molar-refractivity contribution < 1.29 is 19.4 Å². The normalized spacial score (nSPS) is 9.61. The molecule has 0 bridgehead atoms. The summed E-state index contributed by atoms with van der Waals surface area (Å²) in [7, 11) is 1.45. The van der Waals surface area contributed by atoms with Gasteiger partial charge in [-0.3, -0.25) is 4.79 Å². The van der Waals surface area contributed by atoms with Crippen molar-refractivity contribution in [3.05, 3.63) is 35.7 Å². The highest BCUT2D eigenvalue weighted by Crippen LogP contribution is 2.25. The minimum absolute atomic E-state index is 0.0856. The fourth-order valence-electron chi connectivity index (χ4n) is 1.26. The van der Waals surface area contributed by atoms with E-state index in [-0.39, 0.29) is 17.2 Å². The Morgan fingerprint density at radius 2 is 2.28 bits per heavy atom. The molecule has 5 nitrogen and oxygen atoms in total. The van der Waals surface area contributed by atoms with Crippen LogP contribution in [0.2, 0.25) is 0 Å². The Bertz CT molecular complexity index is 473. The van der Waals surface area contributed by atoms with Gasteiger partial charge in [0.25, 0.3) is 0 Å². The molecule has 2 N–H and O–H groups in total. The average Bonchev–Trinajstić information content (AvgIpc) is 2.36. The van der Waals surface area contributed by atoms with Crippen LogP contribution in [0.5, 0.6) is 5.75 Å². The molecule has 0 aliphatic rings. The maximum Gasteiger partial charge on any atom is 0.335 e. The Kier molecular flexibility index (Phi) is 5.26. The second-order valence-corrected chi connectivity index (χ2v) is 4.20. The van der Waals surface area contributed by atoms with Crippen LogP contribution in [-0.4, -0.2) is 29.8 Å². The van der Waals surface area contributed by atoms with Crippen molar-refractivity contribution in [2.75, 3.05) is 18.2 Å². The van der Waals surface area contributed by atoms with Crippen molar-refractivity contribution in [3.63, 3.8) is 0 Å². The van der Waals surface area contributed by atoms with E-state index in [4.69, 9.17) is 9.84 Å². The predicted octanol–water partition coefficient (Wildman–Crippen LogP) is 2.21. The number of carbonyl (C=O) groups excluding carboxylic acids is 1. The number of hydrogen-bond acceptors (Lipinski definition) is 4. The molecule has 6 heteroatoms. The van der Waals surface area contributed by atoms with Gasteiger partial charge < -0.3 is 15.2 Å². The van der Waals surface area contributed by atoms with Gasteiger partial charge in [-0.25, -0.2) is 4.79 Å². The first-order chi connectivity index (χ1) is 8.58. The van der Waals surface area contributed by atoms with Gasteiger partial charge in [0.2, 0.25) is 5.91 Å². The topological polar surface area (TPSA) is 75.6 Å². The number of carboxylic acids is 1. The third kappa shape index (κ3) is 3.81. The molecule has 0 heterocycles. The molecular weight excluding hydrogens is 254 g/mol. The molecule has 0 aromatic heterocycles. The third-order valence-corrected chi connectivity index (χ3v) is 2.72. The lowest BCUT2D eigenvalue weighted by Crippen LogP contribution is -2.15. The van der Waals surface area contributed by atoms with E-state index in [1.165, 1.54) is 37.1 Å². The van der Waals surface area contributed by atoms with Crippen LogP contribution in [0.3, 0.4) is 0 Å². The molecule has 1 amide bonds. The fraction of sp³-hybridized carbons (Fsp3) is 0.167. The summed E-state index contributed by atoms with van der Waals surface area (Å²) in [4.78, 5) is 22.4. The average molecular weight is 267 g/mol. The largest absolute Gasteiger partial charge is 0.495 e. The van der Waals surface area contributed by atoms with E-state index < -0.39 is 5.97 Å². The molecular formula is C12H13NO4S. The van der Waals surface area contributed by atoms with Gasteiger partial charge in [0.05, 0.1) is 24.1 Å². The van der Waals surface area contributed by atoms with Crippen molar-refractivity contribution in [1.29, 1.82) is 0 Å². The Morgan fingerprint density at radius 3 is 2.83 bits per heavy atom. The van der Waals surface area contributed by atoms with Gasteiger partial charge in [-0.1, -0.05) is 6.58 Å². The molecule has 0 atom stereocenters. The first kappa shape index (κ1) is 14.1. The zero-order valence-corrected chi connectivity index (χ0v) is 10.6. The van der Waals surface area contributed by atoms with E-state index in [9.17, 15) is 9.59 Å². The molecule has 0 fully saturated rings. The van der Waals surface area contributed by atoms with E-state index in [2.05, 4.69) is 11.9 Å². The van der Waals surface area contributed by atoms with E-state index in [0.29, 0.717) is 11.4 Å². The summed E-state index contributed by atoms with van der Waals surface area (Å²) < 4.78 is 5.05. The minimum Gasteiger partial charge on any atom is -0.495 e. The Balaban J connectivity index is 2.90. The number of carbonyl (C=O) groups is 2. The lowest BCUT2D eigenvalue weighted by Gasteiger charge is -2.10. The van der Waals surface area contributed by atoms with Crippen LogP contribution in [0.25, 0.3) is 0 Å². The highest BCUT2D eigenvalue weighted by Gasteiger charge is 2.11. The SMILES string of the molecule is C=CSCC(=O)Nc1cc(C(=O)O)ccc1OC. The third-order valence-electron chi connectivity index (χ3n) is 2.05. The number of ether oxygens (including phenoxy) is 1. The van der Waals surface area contributed by atoms with Crippen LogP contribution in [0, 0.1) is 0 Å². The first-order valence-electron chi connectivity index (χ1n) is 5.02. The van der Waals surface area contributed by atoms with Gasteiger partial charge in [0, 0.05) is 0 Å². The van der Waals surface area contributed by atoms with Gasteiger partial charge in [-0.05, 0) is 23.6 Å². The van der Waals surface area contributed by atoms with Crippen LogP contribution in [0.15, 0.2) is 30.2 Å². The number of aromatic carboxylic acids is 1. The zero-order chi connectivity index (χ0) is 13.5. The molecule has 1 aromatic rings. The first-order valence-corrected chi connectivity index (χ1v) is 6.07. The smallest absolute Gasteiger partial charge is 0.335 e. The number of carboxylic acid groups (broad SMARTS) is 1. The van der Waals surface area contributed by atoms with Gasteiger partial charge >= 0.3 is 5.97 Å². The summed E-state index contributed by atoms with van der Waals surface area (Å²) in [5, 5.41) is 13.0. The van der Waals surface area contributed by atoms with E-state index in [0.717, 1.165) is 0 Å². The quantitative estimate of drug-likeness (QED) is 0.826. The van der Waals surface area contributed by atoms with E-state index in [1.807, 2.05) is 0 Å². The number of amides is 1. The van der Waals surface area contributed by atoms with E-state index in [1.54, 1.807) is 5.41 Å². The van der Waals surface area contributed by atoms with Crippen LogP contribution in [0.1, 0.15) is 10.4 Å². The molecule has 0 aliphatic carbocycles. The van der Waals surface area contributed by atoms with E-state index >= 15 is 0 Å². The maximum absolute atomic E-state index is 11.5. The van der Waals surface area contributed by atoms with Crippen molar-refractivity contribution in [2.45, 2.75) is 0 Å². The maximum atomic E-state index is 11.5. The number of thioether (sulfide) groups is 1. The molecule has 0 aliphatic heterocycles. The van der Waals surface area contributed by atoms with Crippen molar-refractivity contribution in [3.8, 4) is 5.75 Å². The minimum atomic E-state index is -1.06. The molecule has 0 saturated carbocycles. The highest BCUT2D eigenvalue weighted by molar-refractivity contribution is 8.02. The summed E-state index contributed by atoms with van der Waals surface area (Å²) in [5.74, 6) is -0.685. The number of methoxy groups -OCH3 is 1. The summed E-state index contributed by atoms with van der Waals surface area (Å²) in [6.45, 7) is 3.49. The zero-order valence-electron chi connectivity index (χ0n) is 9.80. The number of hydrogen-bond donors (Lipinski definition) is 2. The van der Waals surface area contributed by atoms with Crippen LogP contribution < -0.4 is 10.1 Å². The summed E-state index contributed by atoms with van der Waals surface area (Å²) in [5.41, 5.74) is 0.425. The molecule has 1 rings (SSSR count). The molecule has 0 spiro atoms. The Morgan fingerprint density at radius 1 is 1.56 bits per heavy atom. The second-order valence-electron chi connectivity index (χ2n) is 3.25. The van der Waals surface area contributed by atoms with Crippen molar-refractivity contribution in [2.24, 2.45) is 0 Å². The van der Waals surface area contributed by atoms with Crippen molar-refractivity contribution in [1.82, 2.24) is 0 Å². The number of benzene rings is 1. The monoisotopic (exact) mass is 267 g/mol. The molecule has 0 radical (unpaired) electrons. The molecule has 18 heavy (non-hydrogen) atoms. The van der Waals surface area contributed by atoms with Gasteiger partial charge in [-0.2, -0.15) is 0 Å². The summed E-state index contributed by atoms with van der Waals surface area (Å²) in [6, 6.07) is 4.27. The Hall–Kier alpha value is -1.95. The Labute approximate surface area is 109 Å². The van der Waals surface area contributed by atoms with Gasteiger partial charge in [0.15, 0.2) is 0 Å². The summed E-state index contributed by atoms with van der Waals surface area (Å²) >= 11 is 1.25. The number of anilines is 1.